The molecule has 0 saturated heterocycles. The molecular weight excluding hydrogens is 290 g/mol. The van der Waals surface area contributed by atoms with E-state index < -0.39 is 17.5 Å². The molecule has 0 aliphatic heterocycles. The first kappa shape index (κ1) is 14.4. The highest BCUT2D eigenvalue weighted by Crippen LogP contribution is 2.35. The van der Waals surface area contributed by atoms with Gasteiger partial charge in [-0.2, -0.15) is 5.10 Å². The van der Waals surface area contributed by atoms with Crippen molar-refractivity contribution in [3.8, 4) is 11.3 Å². The molecule has 0 spiro atoms. The first-order valence-corrected chi connectivity index (χ1v) is 6.85. The molecule has 1 saturated carbocycles. The Balaban J connectivity index is 2.20. The van der Waals surface area contributed by atoms with Crippen molar-refractivity contribution in [2.24, 2.45) is 5.73 Å². The molecule has 3 rings (SSSR count). The Morgan fingerprint density at radius 2 is 2.00 bits per heavy atom. The van der Waals surface area contributed by atoms with E-state index in [1.54, 1.807) is 6.92 Å². The van der Waals surface area contributed by atoms with Crippen molar-refractivity contribution >= 4 is 11.6 Å². The van der Waals surface area contributed by atoms with Crippen molar-refractivity contribution < 1.29 is 13.6 Å². The first-order valence-electron chi connectivity index (χ1n) is 6.85. The third-order valence-electron chi connectivity index (χ3n) is 3.54. The zero-order chi connectivity index (χ0) is 15.9. The van der Waals surface area contributed by atoms with Crippen LogP contribution in [0, 0.1) is 18.6 Å². The molecule has 1 aliphatic rings. The number of halogens is 2. The van der Waals surface area contributed by atoms with Gasteiger partial charge < -0.3 is 11.1 Å². The molecular formula is C15H14F2N4O. The highest BCUT2D eigenvalue weighted by molar-refractivity contribution is 6.01. The van der Waals surface area contributed by atoms with Gasteiger partial charge in [0.15, 0.2) is 11.6 Å². The summed E-state index contributed by atoms with van der Waals surface area (Å²) in [5.74, 6) is -2.67. The summed E-state index contributed by atoms with van der Waals surface area (Å²) in [6, 6.07) is 2.30. The number of carbonyl (C=O) groups is 1. The van der Waals surface area contributed by atoms with Gasteiger partial charge in [-0.25, -0.2) is 8.78 Å². The maximum absolute atomic E-state index is 13.7. The topological polar surface area (TPSA) is 80.9 Å². The molecule has 2 aromatic rings. The summed E-state index contributed by atoms with van der Waals surface area (Å²) < 4.78 is 27.2. The summed E-state index contributed by atoms with van der Waals surface area (Å²) in [5, 5.41) is 10.8. The van der Waals surface area contributed by atoms with Gasteiger partial charge in [0.1, 0.15) is 5.69 Å². The number of nitrogens with two attached hydrogens (primary N) is 1. The molecule has 0 unspecified atom stereocenters. The van der Waals surface area contributed by atoms with Crippen molar-refractivity contribution in [3.05, 3.63) is 41.1 Å². The Kier molecular flexibility index (Phi) is 3.48. The van der Waals surface area contributed by atoms with Crippen LogP contribution < -0.4 is 11.1 Å². The maximum atomic E-state index is 13.7. The monoisotopic (exact) mass is 304 g/mol. The van der Waals surface area contributed by atoms with Crippen molar-refractivity contribution in [1.82, 2.24) is 10.2 Å². The van der Waals surface area contributed by atoms with E-state index in [4.69, 9.17) is 5.73 Å². The van der Waals surface area contributed by atoms with Gasteiger partial charge in [-0.05, 0) is 31.4 Å². The number of aromatic nitrogens is 2. The average molecular weight is 304 g/mol. The molecule has 1 heterocycles. The van der Waals surface area contributed by atoms with E-state index in [1.165, 1.54) is 6.20 Å². The summed E-state index contributed by atoms with van der Waals surface area (Å²) in [4.78, 5) is 11.7. The van der Waals surface area contributed by atoms with E-state index in [1.807, 2.05) is 0 Å². The molecule has 5 nitrogen and oxygen atoms in total. The van der Waals surface area contributed by atoms with Gasteiger partial charge in [-0.15, -0.1) is 5.10 Å². The molecule has 1 fully saturated rings. The van der Waals surface area contributed by atoms with Crippen LogP contribution in [0.3, 0.4) is 0 Å². The Hall–Kier alpha value is -2.57. The van der Waals surface area contributed by atoms with Crippen LogP contribution in [0.1, 0.15) is 28.8 Å². The molecule has 3 N–H and O–H groups in total. The van der Waals surface area contributed by atoms with Gasteiger partial charge in [-0.3, -0.25) is 4.79 Å². The van der Waals surface area contributed by atoms with Crippen LogP contribution in [-0.2, 0) is 0 Å². The number of hydrogen-bond acceptors (Lipinski definition) is 4. The number of aryl methyl sites for hydroxylation is 1. The largest absolute Gasteiger partial charge is 0.382 e. The van der Waals surface area contributed by atoms with Crippen LogP contribution in [0.25, 0.3) is 11.3 Å². The summed E-state index contributed by atoms with van der Waals surface area (Å²) >= 11 is 0. The number of anilines is 1. The van der Waals surface area contributed by atoms with Crippen LogP contribution in [0.2, 0.25) is 0 Å². The van der Waals surface area contributed by atoms with E-state index in [0.29, 0.717) is 11.3 Å². The fraction of sp³-hybridized carbons (Fsp3) is 0.267. The molecule has 7 heteroatoms. The van der Waals surface area contributed by atoms with Crippen LogP contribution in [0.4, 0.5) is 14.5 Å². The number of nitrogens with zero attached hydrogens (tertiary/aromatic N) is 2. The molecule has 1 amide bonds. The van der Waals surface area contributed by atoms with Gasteiger partial charge in [0.2, 0.25) is 0 Å². The Morgan fingerprint density at radius 1 is 1.32 bits per heavy atom. The summed E-state index contributed by atoms with van der Waals surface area (Å²) in [5.41, 5.74) is 6.87. The molecule has 1 aliphatic carbocycles. The fourth-order valence-electron chi connectivity index (χ4n) is 2.28. The van der Waals surface area contributed by atoms with Gasteiger partial charge in [0, 0.05) is 23.4 Å². The second-order valence-corrected chi connectivity index (χ2v) is 5.35. The van der Waals surface area contributed by atoms with Gasteiger partial charge >= 0.3 is 0 Å². The fourth-order valence-corrected chi connectivity index (χ4v) is 2.28. The number of amides is 1. The molecule has 1 aromatic heterocycles. The zero-order valence-electron chi connectivity index (χ0n) is 11.9. The molecule has 1 aromatic carbocycles. The average Bonchev–Trinajstić information content (AvgIpc) is 3.26. The first-order chi connectivity index (χ1) is 10.5. The number of nitrogens with one attached hydrogen (secondary N) is 1. The highest BCUT2D eigenvalue weighted by Gasteiger charge is 2.25. The minimum absolute atomic E-state index is 0.148. The second-order valence-electron chi connectivity index (χ2n) is 5.35. The van der Waals surface area contributed by atoms with E-state index in [-0.39, 0.29) is 22.9 Å². The highest BCUT2D eigenvalue weighted by atomic mass is 19.2. The minimum Gasteiger partial charge on any atom is -0.382 e. The zero-order valence-corrected chi connectivity index (χ0v) is 11.9. The van der Waals surface area contributed by atoms with Crippen LogP contribution in [-0.4, -0.2) is 22.1 Å². The maximum Gasteiger partial charge on any atom is 0.251 e. The van der Waals surface area contributed by atoms with Crippen molar-refractivity contribution in [2.45, 2.75) is 25.8 Å². The SMILES string of the molecule is Cc1cnnc(-c2cc(F)c(F)cc2NC2CC2)c1C(N)=O. The Labute approximate surface area is 125 Å². The lowest BCUT2D eigenvalue weighted by atomic mass is 10.0. The molecule has 114 valence electrons. The van der Waals surface area contributed by atoms with Crippen molar-refractivity contribution in [1.29, 1.82) is 0 Å². The lowest BCUT2D eigenvalue weighted by molar-refractivity contribution is 0.1000. The van der Waals surface area contributed by atoms with Crippen LogP contribution >= 0.6 is 0 Å². The number of primary amides is 1. The van der Waals surface area contributed by atoms with Crippen LogP contribution in [0.15, 0.2) is 18.3 Å². The number of hydrogen-bond donors (Lipinski definition) is 2. The molecule has 0 atom stereocenters. The van der Waals surface area contributed by atoms with E-state index in [9.17, 15) is 13.6 Å². The van der Waals surface area contributed by atoms with E-state index in [2.05, 4.69) is 15.5 Å². The van der Waals surface area contributed by atoms with Gasteiger partial charge in [0.05, 0.1) is 11.8 Å². The Morgan fingerprint density at radius 3 is 2.64 bits per heavy atom. The normalized spacial score (nSPS) is 14.0. The van der Waals surface area contributed by atoms with E-state index >= 15 is 0 Å². The molecule has 0 radical (unpaired) electrons. The third kappa shape index (κ3) is 2.61. The Bertz CT molecular complexity index is 759. The molecule has 22 heavy (non-hydrogen) atoms. The quantitative estimate of drug-likeness (QED) is 0.909. The summed E-state index contributed by atoms with van der Waals surface area (Å²) in [6.45, 7) is 1.66. The second kappa shape index (κ2) is 5.32. The predicted molar refractivity (Wildman–Crippen MR) is 77.3 cm³/mol. The number of carbonyl (C=O) groups excluding carboxylic acids is 1. The smallest absolute Gasteiger partial charge is 0.251 e. The minimum atomic E-state index is -1.02. The van der Waals surface area contributed by atoms with Crippen molar-refractivity contribution in [2.75, 3.05) is 5.32 Å². The summed E-state index contributed by atoms with van der Waals surface area (Å²) in [7, 11) is 0. The predicted octanol–water partition coefficient (Wildman–Crippen LogP) is 2.40. The number of rotatable bonds is 4. The van der Waals surface area contributed by atoms with Crippen molar-refractivity contribution in [3.63, 3.8) is 0 Å². The standard InChI is InChI=1S/C15H14F2N4O/c1-7-6-19-21-14(13(7)15(18)22)9-4-10(16)11(17)5-12(9)20-8-2-3-8/h4-6,8,20H,2-3H2,1H3,(H2,18,22). The third-order valence-corrected chi connectivity index (χ3v) is 3.54. The van der Waals surface area contributed by atoms with Gasteiger partial charge in [-0.1, -0.05) is 0 Å². The number of benzene rings is 1. The van der Waals surface area contributed by atoms with E-state index in [0.717, 1.165) is 25.0 Å². The van der Waals surface area contributed by atoms with Gasteiger partial charge in [0.25, 0.3) is 5.91 Å². The lowest BCUT2D eigenvalue weighted by Gasteiger charge is -2.14. The van der Waals surface area contributed by atoms with Crippen LogP contribution in [0.5, 0.6) is 0 Å². The lowest BCUT2D eigenvalue weighted by Crippen LogP contribution is -2.16. The summed E-state index contributed by atoms with van der Waals surface area (Å²) in [6.07, 6.45) is 3.32. The molecule has 0 bridgehead atoms.